The highest BCUT2D eigenvalue weighted by Gasteiger charge is 2.41. The lowest BCUT2D eigenvalue weighted by atomic mass is 9.98. The number of nitrogens with zero attached hydrogens (tertiary/aromatic N) is 2. The molecule has 0 bridgehead atoms. The molecule has 1 amide bonds. The molecule has 1 saturated heterocycles. The van der Waals surface area contributed by atoms with Gasteiger partial charge >= 0.3 is 12.4 Å². The molecule has 1 aromatic carbocycles. The van der Waals surface area contributed by atoms with Crippen LogP contribution in [0.4, 0.5) is 0 Å². The maximum absolute atomic E-state index is 10.9. The van der Waals surface area contributed by atoms with E-state index in [0.717, 1.165) is 41.5 Å². The summed E-state index contributed by atoms with van der Waals surface area (Å²) in [6.45, 7) is 1.55. The van der Waals surface area contributed by atoms with E-state index in [1.54, 1.807) is 6.08 Å². The number of carboxylic acids is 1. The van der Waals surface area contributed by atoms with E-state index in [-0.39, 0.29) is 0 Å². The number of hydrogen-bond acceptors (Lipinski definition) is 4. The second kappa shape index (κ2) is 6.45. The molecular weight excluding hydrogens is 308 g/mol. The predicted molar refractivity (Wildman–Crippen MR) is 89.2 cm³/mol. The molecule has 1 radical (unpaired) electrons. The molecule has 1 unspecified atom stereocenters. The zero-order chi connectivity index (χ0) is 17.2. The van der Waals surface area contributed by atoms with E-state index in [0.29, 0.717) is 13.0 Å². The molecule has 24 heavy (non-hydrogen) atoms. The Labute approximate surface area is 139 Å². The minimum Gasteiger partial charge on any atom is -0.478 e. The minimum atomic E-state index is -0.955. The Morgan fingerprint density at radius 3 is 3.08 bits per heavy atom. The summed E-state index contributed by atoms with van der Waals surface area (Å²) < 4.78 is 0. The number of likely N-dealkylation sites (N-methyl/N-ethyl adjacent to an activating group) is 1. The number of nitrogens with one attached hydrogen (secondary N) is 2. The zero-order valence-electron chi connectivity index (χ0n) is 13.4. The van der Waals surface area contributed by atoms with Crippen LogP contribution in [0.25, 0.3) is 11.0 Å². The molecule has 0 aliphatic carbocycles. The Bertz CT molecular complexity index is 798. The van der Waals surface area contributed by atoms with E-state index >= 15 is 0 Å². The quantitative estimate of drug-likeness (QED) is 0.542. The third kappa shape index (κ3) is 3.16. The molecule has 1 aliphatic heterocycles. The van der Waals surface area contributed by atoms with Gasteiger partial charge in [-0.25, -0.2) is 9.78 Å². The number of rotatable bonds is 6. The van der Waals surface area contributed by atoms with Gasteiger partial charge in [-0.1, -0.05) is 12.1 Å². The third-order valence-electron chi connectivity index (χ3n) is 4.36. The van der Waals surface area contributed by atoms with Crippen LogP contribution in [0.2, 0.25) is 0 Å². The number of aliphatic carboxylic acids is 1. The lowest BCUT2D eigenvalue weighted by Gasteiger charge is -2.25. The number of carbonyl (C=O) groups excluding carboxylic acids is 1. The first-order chi connectivity index (χ1) is 11.5. The number of imidazole rings is 1. The summed E-state index contributed by atoms with van der Waals surface area (Å²) in [6.07, 6.45) is 5.86. The number of hydrogen-bond donors (Lipinski definition) is 3. The van der Waals surface area contributed by atoms with Crippen molar-refractivity contribution >= 4 is 23.4 Å². The normalized spacial score (nSPS) is 21.5. The summed E-state index contributed by atoms with van der Waals surface area (Å²) in [6, 6.07) is 5.77. The van der Waals surface area contributed by atoms with Crippen molar-refractivity contribution in [1.82, 2.24) is 20.2 Å². The zero-order valence-corrected chi connectivity index (χ0v) is 13.4. The summed E-state index contributed by atoms with van der Waals surface area (Å²) in [5.74, 6) is -0.230. The highest BCUT2D eigenvalue weighted by molar-refractivity contribution is 5.80. The average Bonchev–Trinajstić information content (AvgIpc) is 3.11. The predicted octanol–water partition coefficient (Wildman–Crippen LogP) is 0.934. The smallest absolute Gasteiger partial charge is 0.327 e. The van der Waals surface area contributed by atoms with E-state index in [9.17, 15) is 9.59 Å². The molecule has 3 rings (SSSR count). The summed E-state index contributed by atoms with van der Waals surface area (Å²) in [7, 11) is 2.00. The van der Waals surface area contributed by atoms with Gasteiger partial charge in [-0.05, 0) is 37.6 Å². The van der Waals surface area contributed by atoms with Crippen LogP contribution in [-0.4, -0.2) is 52.5 Å². The fraction of sp³-hybridized carbons (Fsp3) is 0.353. The maximum Gasteiger partial charge on any atom is 0.327 e. The molecular formula is C17H19N4O3. The first kappa shape index (κ1) is 16.2. The molecule has 0 saturated carbocycles. The van der Waals surface area contributed by atoms with Gasteiger partial charge in [0.15, 0.2) is 0 Å². The standard InChI is InChI=1S/C17H19N4O3/c1-21-8-7-17(10-21,18-11-22)16-19-13-6-5-12(9-14(13)20-16)3-2-4-15(23)24/h2,4-6,9H,3,7-8,10H2,1H3,(H,18,22)(H,19,20)(H,23,24). The first-order valence-electron chi connectivity index (χ1n) is 7.74. The fourth-order valence-corrected chi connectivity index (χ4v) is 3.16. The second-order valence-corrected chi connectivity index (χ2v) is 6.18. The first-order valence-corrected chi connectivity index (χ1v) is 7.74. The summed E-state index contributed by atoms with van der Waals surface area (Å²) in [5, 5.41) is 11.5. The van der Waals surface area contributed by atoms with Crippen LogP contribution in [0.1, 0.15) is 17.8 Å². The Balaban J connectivity index is 1.90. The second-order valence-electron chi connectivity index (χ2n) is 6.18. The van der Waals surface area contributed by atoms with Gasteiger partial charge in [-0.15, -0.1) is 0 Å². The van der Waals surface area contributed by atoms with Crippen molar-refractivity contribution in [2.45, 2.75) is 18.4 Å². The molecule has 1 aliphatic rings. The highest BCUT2D eigenvalue weighted by atomic mass is 16.4. The number of aromatic nitrogens is 2. The van der Waals surface area contributed by atoms with Gasteiger partial charge in [-0.3, -0.25) is 4.79 Å². The summed E-state index contributed by atoms with van der Waals surface area (Å²) in [5.41, 5.74) is 2.13. The van der Waals surface area contributed by atoms with Crippen molar-refractivity contribution in [1.29, 1.82) is 0 Å². The van der Waals surface area contributed by atoms with E-state index in [2.05, 4.69) is 20.2 Å². The molecule has 0 spiro atoms. The van der Waals surface area contributed by atoms with Gasteiger partial charge in [0, 0.05) is 19.2 Å². The molecule has 2 heterocycles. The van der Waals surface area contributed by atoms with E-state index in [1.807, 2.05) is 31.7 Å². The van der Waals surface area contributed by atoms with Crippen LogP contribution in [-0.2, 0) is 21.5 Å². The number of carboxylic acid groups (broad SMARTS) is 1. The van der Waals surface area contributed by atoms with E-state index in [1.165, 1.54) is 0 Å². The molecule has 7 nitrogen and oxygen atoms in total. The Morgan fingerprint density at radius 1 is 1.58 bits per heavy atom. The van der Waals surface area contributed by atoms with Gasteiger partial charge in [-0.2, -0.15) is 0 Å². The van der Waals surface area contributed by atoms with Crippen molar-refractivity contribution in [2.24, 2.45) is 0 Å². The van der Waals surface area contributed by atoms with Crippen molar-refractivity contribution in [3.63, 3.8) is 0 Å². The van der Waals surface area contributed by atoms with Crippen LogP contribution in [0.5, 0.6) is 0 Å². The Kier molecular flexibility index (Phi) is 4.35. The molecule has 1 atom stereocenters. The van der Waals surface area contributed by atoms with Crippen LogP contribution in [0.3, 0.4) is 0 Å². The average molecular weight is 327 g/mol. The SMILES string of the molecule is CN1CCC(N[C]=O)(c2nc3ccc(CC=CC(=O)O)cc3[nH]2)C1. The fourth-order valence-electron chi connectivity index (χ4n) is 3.16. The van der Waals surface area contributed by atoms with Crippen molar-refractivity contribution in [2.75, 3.05) is 20.1 Å². The number of benzene rings is 1. The lowest BCUT2D eigenvalue weighted by Crippen LogP contribution is -2.44. The Morgan fingerprint density at radius 2 is 2.42 bits per heavy atom. The maximum atomic E-state index is 10.9. The number of fused-ring (bicyclic) bond motifs is 1. The van der Waals surface area contributed by atoms with Crippen molar-refractivity contribution < 1.29 is 14.7 Å². The third-order valence-corrected chi connectivity index (χ3v) is 4.36. The highest BCUT2D eigenvalue weighted by Crippen LogP contribution is 2.30. The van der Waals surface area contributed by atoms with Crippen LogP contribution in [0.15, 0.2) is 30.4 Å². The monoisotopic (exact) mass is 327 g/mol. The van der Waals surface area contributed by atoms with Gasteiger partial charge in [0.2, 0.25) is 0 Å². The summed E-state index contributed by atoms with van der Waals surface area (Å²) in [4.78, 5) is 31.5. The molecule has 3 N–H and O–H groups in total. The topological polar surface area (TPSA) is 98.3 Å². The molecule has 1 fully saturated rings. The molecule has 1 aromatic heterocycles. The van der Waals surface area contributed by atoms with Crippen molar-refractivity contribution in [3.8, 4) is 0 Å². The number of likely N-dealkylation sites (tertiary alicyclic amines) is 1. The van der Waals surface area contributed by atoms with Gasteiger partial charge in [0.05, 0.1) is 11.0 Å². The van der Waals surface area contributed by atoms with E-state index in [4.69, 9.17) is 5.11 Å². The Hall–Kier alpha value is -2.67. The van der Waals surface area contributed by atoms with Gasteiger partial charge in [0.25, 0.3) is 0 Å². The number of allylic oxidation sites excluding steroid dienone is 1. The van der Waals surface area contributed by atoms with Crippen LogP contribution in [0, 0.1) is 0 Å². The number of amides is 1. The minimum absolute atomic E-state index is 0.533. The number of aromatic amines is 1. The largest absolute Gasteiger partial charge is 0.478 e. The van der Waals surface area contributed by atoms with Crippen LogP contribution >= 0.6 is 0 Å². The van der Waals surface area contributed by atoms with E-state index < -0.39 is 11.5 Å². The number of H-pyrrole nitrogens is 1. The number of carbonyl (C=O) groups is 1. The van der Waals surface area contributed by atoms with Crippen molar-refractivity contribution in [3.05, 3.63) is 41.7 Å². The molecule has 125 valence electrons. The molecule has 7 heteroatoms. The van der Waals surface area contributed by atoms with Gasteiger partial charge in [0.1, 0.15) is 11.4 Å². The lowest BCUT2D eigenvalue weighted by molar-refractivity contribution is -0.131. The summed E-state index contributed by atoms with van der Waals surface area (Å²) >= 11 is 0. The van der Waals surface area contributed by atoms with Gasteiger partial charge < -0.3 is 20.3 Å². The molecule has 2 aromatic rings. The van der Waals surface area contributed by atoms with Crippen LogP contribution < -0.4 is 5.32 Å².